The molecule has 0 saturated carbocycles. The number of nitrogens with two attached hydrogens (primary N) is 1. The number of anilines is 1. The van der Waals surface area contributed by atoms with Crippen LogP contribution in [0.2, 0.25) is 0 Å². The van der Waals surface area contributed by atoms with Gasteiger partial charge in [-0.1, -0.05) is 6.08 Å². The average molecular weight is 210 g/mol. The maximum atomic E-state index is 13.5. The highest BCUT2D eigenvalue weighted by molar-refractivity contribution is 5.71. The number of halogens is 2. The van der Waals surface area contributed by atoms with E-state index in [0.29, 0.717) is 0 Å². The van der Waals surface area contributed by atoms with Crippen LogP contribution in [0.5, 0.6) is 0 Å². The van der Waals surface area contributed by atoms with Crippen molar-refractivity contribution in [2.24, 2.45) is 5.10 Å². The Labute approximate surface area is 84.5 Å². The van der Waals surface area contributed by atoms with Crippen LogP contribution in [-0.2, 0) is 0 Å². The fourth-order valence-electron chi connectivity index (χ4n) is 1.23. The van der Waals surface area contributed by atoms with Crippen molar-refractivity contribution in [3.63, 3.8) is 0 Å². The van der Waals surface area contributed by atoms with Crippen molar-refractivity contribution in [1.29, 1.82) is 0 Å². The molecule has 2 heterocycles. The van der Waals surface area contributed by atoms with Gasteiger partial charge in [-0.15, -0.1) is 0 Å². The first-order chi connectivity index (χ1) is 7.20. The van der Waals surface area contributed by atoms with Crippen LogP contribution in [-0.4, -0.2) is 11.2 Å². The van der Waals surface area contributed by atoms with Crippen molar-refractivity contribution in [3.05, 3.63) is 35.7 Å². The molecule has 0 aliphatic carbocycles. The lowest BCUT2D eigenvalue weighted by Gasteiger charge is -2.15. The molecule has 4 nitrogen and oxygen atoms in total. The standard InChI is InChI=1S/C9H8F2N4/c10-5-4-13-9(7(11)8(5)12)6-2-1-3-14-15-6/h1-4,6,15H,(H2,12,13). The van der Waals surface area contributed by atoms with Gasteiger partial charge in [0.05, 0.1) is 6.20 Å². The molecule has 15 heavy (non-hydrogen) atoms. The summed E-state index contributed by atoms with van der Waals surface area (Å²) >= 11 is 0. The number of allylic oxidation sites excluding steroid dienone is 1. The zero-order valence-electron chi connectivity index (χ0n) is 7.61. The van der Waals surface area contributed by atoms with Crippen LogP contribution in [0, 0.1) is 11.6 Å². The number of hydrogen-bond donors (Lipinski definition) is 2. The van der Waals surface area contributed by atoms with E-state index in [-0.39, 0.29) is 5.69 Å². The molecular weight excluding hydrogens is 202 g/mol. The zero-order chi connectivity index (χ0) is 10.8. The van der Waals surface area contributed by atoms with Gasteiger partial charge >= 0.3 is 0 Å². The van der Waals surface area contributed by atoms with Crippen LogP contribution in [0.3, 0.4) is 0 Å². The van der Waals surface area contributed by atoms with Crippen LogP contribution in [0.4, 0.5) is 14.5 Å². The van der Waals surface area contributed by atoms with Crippen molar-refractivity contribution in [2.45, 2.75) is 6.04 Å². The second kappa shape index (κ2) is 3.64. The first-order valence-corrected chi connectivity index (χ1v) is 4.25. The van der Waals surface area contributed by atoms with Gasteiger partial charge in [-0.05, 0) is 6.08 Å². The zero-order valence-corrected chi connectivity index (χ0v) is 7.61. The minimum atomic E-state index is -0.862. The molecule has 0 amide bonds. The Hall–Kier alpha value is -1.98. The number of aromatic nitrogens is 1. The van der Waals surface area contributed by atoms with Crippen molar-refractivity contribution in [2.75, 3.05) is 5.73 Å². The van der Waals surface area contributed by atoms with E-state index >= 15 is 0 Å². The molecule has 0 saturated heterocycles. The molecule has 1 atom stereocenters. The monoisotopic (exact) mass is 210 g/mol. The van der Waals surface area contributed by atoms with E-state index in [0.717, 1.165) is 6.20 Å². The maximum absolute atomic E-state index is 13.5. The highest BCUT2D eigenvalue weighted by Crippen LogP contribution is 2.23. The Morgan fingerprint density at radius 3 is 2.87 bits per heavy atom. The topological polar surface area (TPSA) is 63.3 Å². The first kappa shape index (κ1) is 9.57. The van der Waals surface area contributed by atoms with E-state index in [1.165, 1.54) is 6.21 Å². The predicted octanol–water partition coefficient (Wildman–Crippen LogP) is 1.13. The SMILES string of the molecule is Nc1c(F)cnc(C2C=CC=NN2)c1F. The molecule has 0 fully saturated rings. The number of pyridine rings is 1. The van der Waals surface area contributed by atoms with Gasteiger partial charge in [-0.2, -0.15) is 5.10 Å². The summed E-state index contributed by atoms with van der Waals surface area (Å²) < 4.78 is 26.3. The molecule has 0 bridgehead atoms. The summed E-state index contributed by atoms with van der Waals surface area (Å²) in [6.45, 7) is 0. The first-order valence-electron chi connectivity index (χ1n) is 4.25. The molecule has 1 aliphatic heterocycles. The molecule has 78 valence electrons. The summed E-state index contributed by atoms with van der Waals surface area (Å²) in [5.74, 6) is -1.71. The quantitative estimate of drug-likeness (QED) is 0.730. The lowest BCUT2D eigenvalue weighted by Crippen LogP contribution is -2.19. The van der Waals surface area contributed by atoms with Crippen molar-refractivity contribution in [3.8, 4) is 0 Å². The largest absolute Gasteiger partial charge is 0.394 e. The maximum Gasteiger partial charge on any atom is 0.173 e. The van der Waals surface area contributed by atoms with Crippen molar-refractivity contribution < 1.29 is 8.78 Å². The van der Waals surface area contributed by atoms with Gasteiger partial charge in [-0.25, -0.2) is 8.78 Å². The number of hydrazone groups is 1. The lowest BCUT2D eigenvalue weighted by molar-refractivity contribution is 0.534. The summed E-state index contributed by atoms with van der Waals surface area (Å²) in [6.07, 6.45) is 5.69. The molecular formula is C9H8F2N4. The van der Waals surface area contributed by atoms with Gasteiger partial charge in [0.1, 0.15) is 17.4 Å². The van der Waals surface area contributed by atoms with Gasteiger partial charge in [0.2, 0.25) is 0 Å². The molecule has 0 spiro atoms. The number of nitrogen functional groups attached to an aromatic ring is 1. The molecule has 6 heteroatoms. The molecule has 1 unspecified atom stereocenters. The van der Waals surface area contributed by atoms with E-state index in [1.54, 1.807) is 12.2 Å². The Bertz CT molecular complexity index is 442. The lowest BCUT2D eigenvalue weighted by atomic mass is 10.1. The number of rotatable bonds is 1. The van der Waals surface area contributed by atoms with Crippen LogP contribution in [0.1, 0.15) is 11.7 Å². The summed E-state index contributed by atoms with van der Waals surface area (Å²) in [4.78, 5) is 3.64. The van der Waals surface area contributed by atoms with Gasteiger partial charge in [-0.3, -0.25) is 10.4 Å². The fraction of sp³-hybridized carbons (Fsp3) is 0.111. The van der Waals surface area contributed by atoms with Crippen molar-refractivity contribution in [1.82, 2.24) is 10.4 Å². The van der Waals surface area contributed by atoms with Gasteiger partial charge in [0, 0.05) is 6.21 Å². The number of hydrogen-bond acceptors (Lipinski definition) is 4. The molecule has 1 aromatic rings. The molecule has 0 radical (unpaired) electrons. The van der Waals surface area contributed by atoms with Gasteiger partial charge < -0.3 is 5.73 Å². The third-order valence-corrected chi connectivity index (χ3v) is 2.01. The fourth-order valence-corrected chi connectivity index (χ4v) is 1.23. The Morgan fingerprint density at radius 2 is 2.20 bits per heavy atom. The number of nitrogens with one attached hydrogen (secondary N) is 1. The molecule has 1 aromatic heterocycles. The summed E-state index contributed by atoms with van der Waals surface area (Å²) in [5.41, 5.74) is 7.34. The Morgan fingerprint density at radius 1 is 1.40 bits per heavy atom. The van der Waals surface area contributed by atoms with Gasteiger partial charge in [0.25, 0.3) is 0 Å². The molecule has 3 N–H and O–H groups in total. The molecule has 1 aliphatic rings. The van der Waals surface area contributed by atoms with Crippen LogP contribution < -0.4 is 11.2 Å². The molecule has 0 aromatic carbocycles. The van der Waals surface area contributed by atoms with Crippen LogP contribution >= 0.6 is 0 Å². The average Bonchev–Trinajstić information content (AvgIpc) is 2.27. The summed E-state index contributed by atoms with van der Waals surface area (Å²) in [6, 6.07) is -0.516. The normalized spacial score (nSPS) is 18.9. The molecule has 2 rings (SSSR count). The highest BCUT2D eigenvalue weighted by atomic mass is 19.1. The smallest absolute Gasteiger partial charge is 0.173 e. The Kier molecular flexibility index (Phi) is 2.32. The van der Waals surface area contributed by atoms with E-state index in [2.05, 4.69) is 15.5 Å². The van der Waals surface area contributed by atoms with Crippen LogP contribution in [0.15, 0.2) is 23.5 Å². The van der Waals surface area contributed by atoms with Crippen molar-refractivity contribution >= 4 is 11.9 Å². The summed E-state index contributed by atoms with van der Waals surface area (Å²) in [7, 11) is 0. The minimum Gasteiger partial charge on any atom is -0.394 e. The second-order valence-corrected chi connectivity index (χ2v) is 2.99. The van der Waals surface area contributed by atoms with Gasteiger partial charge in [0.15, 0.2) is 11.6 Å². The van der Waals surface area contributed by atoms with E-state index < -0.39 is 23.4 Å². The van der Waals surface area contributed by atoms with E-state index in [1.807, 2.05) is 0 Å². The minimum absolute atomic E-state index is 0.0296. The van der Waals surface area contributed by atoms with E-state index in [9.17, 15) is 8.78 Å². The summed E-state index contributed by atoms with van der Waals surface area (Å²) in [5, 5.41) is 3.73. The van der Waals surface area contributed by atoms with E-state index in [4.69, 9.17) is 5.73 Å². The predicted molar refractivity (Wildman–Crippen MR) is 52.1 cm³/mol. The second-order valence-electron chi connectivity index (χ2n) is 2.99. The highest BCUT2D eigenvalue weighted by Gasteiger charge is 2.19. The third kappa shape index (κ3) is 1.65. The Balaban J connectivity index is 2.41. The third-order valence-electron chi connectivity index (χ3n) is 2.01. The van der Waals surface area contributed by atoms with Crippen LogP contribution in [0.25, 0.3) is 0 Å². The number of nitrogens with zero attached hydrogens (tertiary/aromatic N) is 2.